The molecule has 0 saturated carbocycles. The fourth-order valence-corrected chi connectivity index (χ4v) is 3.00. The van der Waals surface area contributed by atoms with E-state index in [0.29, 0.717) is 12.0 Å². The lowest BCUT2D eigenvalue weighted by Gasteiger charge is -2.17. The topological polar surface area (TPSA) is 24.9 Å². The van der Waals surface area contributed by atoms with Crippen molar-refractivity contribution in [3.63, 3.8) is 0 Å². The Hall–Kier alpha value is -1.19. The van der Waals surface area contributed by atoms with E-state index in [1.54, 1.807) is 11.3 Å². The Morgan fingerprint density at radius 1 is 1.20 bits per heavy atom. The molecule has 1 heterocycles. The molecule has 0 fully saturated rings. The number of hydrogen-bond donors (Lipinski definition) is 1. The smallest absolute Gasteiger partial charge is 0.0965 e. The molecule has 20 heavy (non-hydrogen) atoms. The third kappa shape index (κ3) is 4.15. The minimum atomic E-state index is 0.382. The van der Waals surface area contributed by atoms with Crippen molar-refractivity contribution in [2.45, 2.75) is 45.6 Å². The average molecular weight is 288 g/mol. The molecule has 2 aromatic rings. The number of aryl methyl sites for hydroxylation is 1. The maximum atomic E-state index is 4.38. The van der Waals surface area contributed by atoms with Gasteiger partial charge in [-0.3, -0.25) is 0 Å². The largest absolute Gasteiger partial charge is 0.310 e. The van der Waals surface area contributed by atoms with E-state index in [-0.39, 0.29) is 0 Å². The molecule has 2 rings (SSSR count). The van der Waals surface area contributed by atoms with Crippen LogP contribution in [0.4, 0.5) is 0 Å². The summed E-state index contributed by atoms with van der Waals surface area (Å²) in [5.74, 6) is 0.469. The molecule has 0 spiro atoms. The molecule has 2 atom stereocenters. The van der Waals surface area contributed by atoms with Crippen molar-refractivity contribution in [2.24, 2.45) is 0 Å². The molecule has 2 unspecified atom stereocenters. The molecule has 1 aromatic carbocycles. The Kier molecular flexibility index (Phi) is 5.74. The van der Waals surface area contributed by atoms with Gasteiger partial charge in [0, 0.05) is 30.1 Å². The van der Waals surface area contributed by atoms with Gasteiger partial charge >= 0.3 is 0 Å². The van der Waals surface area contributed by atoms with Crippen LogP contribution in [0.5, 0.6) is 0 Å². The Bertz CT molecular complexity index is 490. The second kappa shape index (κ2) is 7.55. The van der Waals surface area contributed by atoms with E-state index in [1.165, 1.54) is 29.0 Å². The molecule has 0 aliphatic rings. The molecule has 0 aliphatic carbocycles. The Labute approximate surface area is 126 Å². The van der Waals surface area contributed by atoms with Crippen molar-refractivity contribution in [3.8, 4) is 0 Å². The molecule has 108 valence electrons. The number of hydrogen-bond acceptors (Lipinski definition) is 3. The highest BCUT2D eigenvalue weighted by Crippen LogP contribution is 2.19. The summed E-state index contributed by atoms with van der Waals surface area (Å²) in [4.78, 5) is 4.38. The highest BCUT2D eigenvalue weighted by atomic mass is 32.1. The van der Waals surface area contributed by atoms with Crippen LogP contribution in [0.1, 0.15) is 55.3 Å². The summed E-state index contributed by atoms with van der Waals surface area (Å²) in [6, 6.07) is 9.38. The van der Waals surface area contributed by atoms with Gasteiger partial charge in [0.1, 0.15) is 0 Å². The van der Waals surface area contributed by atoms with Gasteiger partial charge in [-0.1, -0.05) is 44.5 Å². The molecule has 2 nitrogen and oxygen atoms in total. The van der Waals surface area contributed by atoms with Crippen LogP contribution in [-0.2, 0) is 6.42 Å². The maximum Gasteiger partial charge on any atom is 0.0965 e. The first kappa shape index (κ1) is 15.2. The fraction of sp³-hybridized carbons (Fsp3) is 0.471. The highest BCUT2D eigenvalue weighted by molar-refractivity contribution is 7.09. The lowest BCUT2D eigenvalue weighted by Crippen LogP contribution is -2.23. The quantitative estimate of drug-likeness (QED) is 0.808. The zero-order chi connectivity index (χ0) is 14.4. The Morgan fingerprint density at radius 3 is 2.55 bits per heavy atom. The first-order valence-corrected chi connectivity index (χ1v) is 8.30. The zero-order valence-electron chi connectivity index (χ0n) is 12.6. The van der Waals surface area contributed by atoms with Crippen LogP contribution >= 0.6 is 11.3 Å². The average Bonchev–Trinajstić information content (AvgIpc) is 3.00. The van der Waals surface area contributed by atoms with Crippen molar-refractivity contribution in [3.05, 3.63) is 52.0 Å². The molecule has 0 amide bonds. The van der Waals surface area contributed by atoms with Gasteiger partial charge in [0.05, 0.1) is 5.01 Å². The van der Waals surface area contributed by atoms with E-state index in [2.05, 4.69) is 55.3 Å². The van der Waals surface area contributed by atoms with Gasteiger partial charge in [0.15, 0.2) is 0 Å². The van der Waals surface area contributed by atoms with Crippen LogP contribution in [-0.4, -0.2) is 11.5 Å². The van der Waals surface area contributed by atoms with E-state index >= 15 is 0 Å². The predicted molar refractivity (Wildman–Crippen MR) is 87.4 cm³/mol. The number of nitrogens with zero attached hydrogens (tertiary/aromatic N) is 1. The monoisotopic (exact) mass is 288 g/mol. The van der Waals surface area contributed by atoms with Crippen LogP contribution in [0, 0.1) is 0 Å². The van der Waals surface area contributed by atoms with Gasteiger partial charge in [0.2, 0.25) is 0 Å². The highest BCUT2D eigenvalue weighted by Gasteiger charge is 2.10. The van der Waals surface area contributed by atoms with Gasteiger partial charge in [-0.05, 0) is 24.5 Å². The first-order valence-electron chi connectivity index (χ1n) is 7.42. The van der Waals surface area contributed by atoms with E-state index < -0.39 is 0 Å². The molecule has 1 N–H and O–H groups in total. The number of thiazole rings is 1. The van der Waals surface area contributed by atoms with Crippen LogP contribution in [0.3, 0.4) is 0 Å². The maximum absolute atomic E-state index is 4.38. The standard InChI is InChI=1S/C17H24N2S/c1-4-5-15-6-8-16(9-7-15)14(3)19-12-13(2)17-18-10-11-20-17/h6-11,13-14,19H,4-5,12H2,1-3H3. The summed E-state index contributed by atoms with van der Waals surface area (Å²) >= 11 is 1.73. The van der Waals surface area contributed by atoms with E-state index in [9.17, 15) is 0 Å². The molecule has 0 radical (unpaired) electrons. The second-order valence-corrected chi connectivity index (χ2v) is 6.32. The molecular formula is C17H24N2S. The normalized spacial score (nSPS) is 14.2. The zero-order valence-corrected chi connectivity index (χ0v) is 13.4. The molecule has 1 aromatic heterocycles. The van der Waals surface area contributed by atoms with Gasteiger partial charge in [-0.2, -0.15) is 0 Å². The lowest BCUT2D eigenvalue weighted by molar-refractivity contribution is 0.536. The van der Waals surface area contributed by atoms with Crippen molar-refractivity contribution in [1.29, 1.82) is 0 Å². The summed E-state index contributed by atoms with van der Waals surface area (Å²) in [5.41, 5.74) is 2.79. The van der Waals surface area contributed by atoms with Gasteiger partial charge in [-0.15, -0.1) is 11.3 Å². The van der Waals surface area contributed by atoms with Crippen molar-refractivity contribution in [2.75, 3.05) is 6.54 Å². The van der Waals surface area contributed by atoms with Crippen molar-refractivity contribution >= 4 is 11.3 Å². The summed E-state index contributed by atoms with van der Waals surface area (Å²) in [5, 5.41) is 6.86. The fourth-order valence-electron chi connectivity index (χ4n) is 2.30. The summed E-state index contributed by atoms with van der Waals surface area (Å²) in [7, 11) is 0. The summed E-state index contributed by atoms with van der Waals surface area (Å²) in [6.07, 6.45) is 4.26. The van der Waals surface area contributed by atoms with Crippen LogP contribution in [0.2, 0.25) is 0 Å². The van der Waals surface area contributed by atoms with Crippen LogP contribution in [0.15, 0.2) is 35.8 Å². The van der Waals surface area contributed by atoms with Crippen LogP contribution in [0.25, 0.3) is 0 Å². The minimum absolute atomic E-state index is 0.382. The third-order valence-electron chi connectivity index (χ3n) is 3.62. The molecule has 3 heteroatoms. The van der Waals surface area contributed by atoms with Gasteiger partial charge < -0.3 is 5.32 Å². The lowest BCUT2D eigenvalue weighted by atomic mass is 10.0. The SMILES string of the molecule is CCCc1ccc(C(C)NCC(C)c2nccs2)cc1. The number of rotatable bonds is 7. The summed E-state index contributed by atoms with van der Waals surface area (Å²) in [6.45, 7) is 7.63. The predicted octanol–water partition coefficient (Wildman–Crippen LogP) is 4.55. The van der Waals surface area contributed by atoms with E-state index in [0.717, 1.165) is 6.54 Å². The van der Waals surface area contributed by atoms with Crippen molar-refractivity contribution in [1.82, 2.24) is 10.3 Å². The molecule has 0 saturated heterocycles. The van der Waals surface area contributed by atoms with Gasteiger partial charge in [0.25, 0.3) is 0 Å². The Balaban J connectivity index is 1.86. The molecular weight excluding hydrogens is 264 g/mol. The Morgan fingerprint density at radius 2 is 1.95 bits per heavy atom. The second-order valence-electron chi connectivity index (χ2n) is 5.39. The minimum Gasteiger partial charge on any atom is -0.310 e. The first-order chi connectivity index (χ1) is 9.70. The third-order valence-corrected chi connectivity index (χ3v) is 4.63. The number of benzene rings is 1. The van der Waals surface area contributed by atoms with Crippen LogP contribution < -0.4 is 5.32 Å². The van der Waals surface area contributed by atoms with Gasteiger partial charge in [-0.25, -0.2) is 4.98 Å². The van der Waals surface area contributed by atoms with E-state index in [1.807, 2.05) is 11.6 Å². The van der Waals surface area contributed by atoms with Crippen molar-refractivity contribution < 1.29 is 0 Å². The number of nitrogens with one attached hydrogen (secondary N) is 1. The summed E-state index contributed by atoms with van der Waals surface area (Å²) < 4.78 is 0. The van der Waals surface area contributed by atoms with E-state index in [4.69, 9.17) is 0 Å². The molecule has 0 aliphatic heterocycles. The number of aromatic nitrogens is 1. The molecule has 0 bridgehead atoms.